The highest BCUT2D eigenvalue weighted by atomic mass is 16.1. The van der Waals surface area contributed by atoms with Gasteiger partial charge in [-0.2, -0.15) is 0 Å². The molecule has 8 heavy (non-hydrogen) atoms. The lowest BCUT2D eigenvalue weighted by molar-refractivity contribution is -0.113. The van der Waals surface area contributed by atoms with Crippen molar-refractivity contribution in [3.63, 3.8) is 0 Å². The standard InChI is InChI=1S/C6H9NO/c1-5(3-4-7)6(2)8/h3-4H,1,7H2,2H3/b4-3-. The van der Waals surface area contributed by atoms with E-state index in [1.807, 2.05) is 0 Å². The molecule has 0 radical (unpaired) electrons. The maximum atomic E-state index is 10.3. The summed E-state index contributed by atoms with van der Waals surface area (Å²) in [7, 11) is 0. The van der Waals surface area contributed by atoms with Crippen LogP contribution in [0.2, 0.25) is 0 Å². The van der Waals surface area contributed by atoms with Gasteiger partial charge in [-0.1, -0.05) is 6.58 Å². The first kappa shape index (κ1) is 6.95. The third-order valence-corrected chi connectivity index (χ3v) is 0.750. The fraction of sp³-hybridized carbons (Fsp3) is 0.167. The van der Waals surface area contributed by atoms with E-state index in [2.05, 4.69) is 6.58 Å². The van der Waals surface area contributed by atoms with Gasteiger partial charge >= 0.3 is 0 Å². The van der Waals surface area contributed by atoms with E-state index < -0.39 is 0 Å². The number of rotatable bonds is 2. The van der Waals surface area contributed by atoms with Crippen LogP contribution < -0.4 is 5.73 Å². The molecule has 2 nitrogen and oxygen atoms in total. The SMILES string of the molecule is C=C(/C=C\N)C(C)=O. The highest BCUT2D eigenvalue weighted by Gasteiger charge is 1.90. The van der Waals surface area contributed by atoms with Crippen LogP contribution in [-0.4, -0.2) is 5.78 Å². The van der Waals surface area contributed by atoms with Gasteiger partial charge in [-0.15, -0.1) is 0 Å². The van der Waals surface area contributed by atoms with E-state index in [4.69, 9.17) is 5.73 Å². The molecule has 0 aromatic rings. The maximum absolute atomic E-state index is 10.3. The zero-order valence-electron chi connectivity index (χ0n) is 4.85. The minimum atomic E-state index is -0.0494. The zero-order valence-corrected chi connectivity index (χ0v) is 4.85. The number of Topliss-reactive ketones (excluding diaryl/α,β-unsaturated/α-hetero) is 1. The lowest BCUT2D eigenvalue weighted by Crippen LogP contribution is -1.91. The monoisotopic (exact) mass is 111 g/mol. The van der Waals surface area contributed by atoms with Crippen molar-refractivity contribution in [3.05, 3.63) is 24.4 Å². The highest BCUT2D eigenvalue weighted by Crippen LogP contribution is 1.90. The van der Waals surface area contributed by atoms with Gasteiger partial charge in [0, 0.05) is 5.57 Å². The summed E-state index contributed by atoms with van der Waals surface area (Å²) in [5, 5.41) is 0. The Kier molecular flexibility index (Phi) is 2.62. The lowest BCUT2D eigenvalue weighted by atomic mass is 10.2. The van der Waals surface area contributed by atoms with Crippen LogP contribution in [0.15, 0.2) is 24.4 Å². The van der Waals surface area contributed by atoms with Crippen LogP contribution in [0.4, 0.5) is 0 Å². The van der Waals surface area contributed by atoms with Crippen molar-refractivity contribution in [2.45, 2.75) is 6.92 Å². The van der Waals surface area contributed by atoms with Gasteiger partial charge in [0.2, 0.25) is 0 Å². The van der Waals surface area contributed by atoms with Crippen molar-refractivity contribution >= 4 is 5.78 Å². The highest BCUT2D eigenvalue weighted by molar-refractivity contribution is 5.95. The number of carbonyl (C=O) groups is 1. The topological polar surface area (TPSA) is 43.1 Å². The first-order valence-electron chi connectivity index (χ1n) is 2.26. The molecule has 0 heterocycles. The first-order chi connectivity index (χ1) is 3.68. The largest absolute Gasteiger partial charge is 0.405 e. The molecule has 0 aliphatic heterocycles. The third-order valence-electron chi connectivity index (χ3n) is 0.750. The van der Waals surface area contributed by atoms with E-state index in [0.717, 1.165) is 0 Å². The van der Waals surface area contributed by atoms with Crippen LogP contribution in [-0.2, 0) is 4.79 Å². The van der Waals surface area contributed by atoms with Gasteiger partial charge in [-0.25, -0.2) is 0 Å². The first-order valence-corrected chi connectivity index (χ1v) is 2.26. The molecular formula is C6H9NO. The van der Waals surface area contributed by atoms with Crippen LogP contribution in [0.3, 0.4) is 0 Å². The minimum Gasteiger partial charge on any atom is -0.405 e. The fourth-order valence-electron chi connectivity index (χ4n) is 0.234. The summed E-state index contributed by atoms with van der Waals surface area (Å²) in [6.07, 6.45) is 2.77. The second kappa shape index (κ2) is 3.02. The van der Waals surface area contributed by atoms with Gasteiger partial charge in [0.1, 0.15) is 0 Å². The van der Waals surface area contributed by atoms with Gasteiger partial charge in [0.15, 0.2) is 5.78 Å². The summed E-state index contributed by atoms with van der Waals surface area (Å²) in [6.45, 7) is 4.87. The predicted octanol–water partition coefficient (Wildman–Crippen LogP) is 0.604. The van der Waals surface area contributed by atoms with E-state index in [0.29, 0.717) is 5.57 Å². The number of carbonyl (C=O) groups excluding carboxylic acids is 1. The van der Waals surface area contributed by atoms with Crippen molar-refractivity contribution in [1.82, 2.24) is 0 Å². The molecule has 0 bridgehead atoms. The van der Waals surface area contributed by atoms with Crippen LogP contribution in [0, 0.1) is 0 Å². The zero-order chi connectivity index (χ0) is 6.57. The van der Waals surface area contributed by atoms with Crippen LogP contribution in [0.1, 0.15) is 6.92 Å². The fourth-order valence-corrected chi connectivity index (χ4v) is 0.234. The molecule has 0 aliphatic rings. The van der Waals surface area contributed by atoms with Crippen LogP contribution >= 0.6 is 0 Å². The van der Waals surface area contributed by atoms with Gasteiger partial charge in [0.05, 0.1) is 0 Å². The molecule has 0 aromatic carbocycles. The molecule has 0 rings (SSSR count). The van der Waals surface area contributed by atoms with E-state index >= 15 is 0 Å². The molecule has 0 saturated carbocycles. The molecule has 0 unspecified atom stereocenters. The van der Waals surface area contributed by atoms with Crippen LogP contribution in [0.5, 0.6) is 0 Å². The molecule has 0 atom stereocenters. The Morgan fingerprint density at radius 3 is 2.38 bits per heavy atom. The number of ketones is 1. The number of hydrogen-bond acceptors (Lipinski definition) is 2. The molecule has 0 aromatic heterocycles. The number of nitrogens with two attached hydrogens (primary N) is 1. The molecule has 0 aliphatic carbocycles. The minimum absolute atomic E-state index is 0.0494. The molecule has 0 amide bonds. The van der Waals surface area contributed by atoms with Gasteiger partial charge in [0.25, 0.3) is 0 Å². The Balaban J connectivity index is 3.85. The van der Waals surface area contributed by atoms with Crippen molar-refractivity contribution in [3.8, 4) is 0 Å². The third kappa shape index (κ3) is 2.18. The lowest BCUT2D eigenvalue weighted by Gasteiger charge is -1.86. The second-order valence-electron chi connectivity index (χ2n) is 1.44. The predicted molar refractivity (Wildman–Crippen MR) is 33.1 cm³/mol. The average molecular weight is 111 g/mol. The molecule has 0 saturated heterocycles. The van der Waals surface area contributed by atoms with E-state index in [9.17, 15) is 4.79 Å². The Labute approximate surface area is 48.7 Å². The maximum Gasteiger partial charge on any atom is 0.159 e. The van der Waals surface area contributed by atoms with Gasteiger partial charge < -0.3 is 5.73 Å². The van der Waals surface area contributed by atoms with E-state index in [1.165, 1.54) is 19.2 Å². The summed E-state index contributed by atoms with van der Waals surface area (Å²) in [5.41, 5.74) is 5.41. The molecule has 0 fully saturated rings. The summed E-state index contributed by atoms with van der Waals surface area (Å²) < 4.78 is 0. The van der Waals surface area contributed by atoms with Crippen LogP contribution in [0.25, 0.3) is 0 Å². The molecule has 2 heteroatoms. The summed E-state index contributed by atoms with van der Waals surface area (Å²) in [6, 6.07) is 0. The Hall–Kier alpha value is -1.05. The Bertz CT molecular complexity index is 135. The van der Waals surface area contributed by atoms with E-state index in [1.54, 1.807) is 0 Å². The normalized spacial score (nSPS) is 9.62. The molecule has 2 N–H and O–H groups in total. The Morgan fingerprint density at radius 1 is 1.75 bits per heavy atom. The van der Waals surface area contributed by atoms with Gasteiger partial charge in [-0.3, -0.25) is 4.79 Å². The molecular weight excluding hydrogens is 102 g/mol. The quantitative estimate of drug-likeness (QED) is 0.419. The molecule has 44 valence electrons. The van der Waals surface area contributed by atoms with Gasteiger partial charge in [-0.05, 0) is 19.2 Å². The number of allylic oxidation sites excluding steroid dienone is 2. The summed E-state index contributed by atoms with van der Waals surface area (Å²) in [5.74, 6) is -0.0494. The van der Waals surface area contributed by atoms with Crippen molar-refractivity contribution < 1.29 is 4.79 Å². The smallest absolute Gasteiger partial charge is 0.159 e. The summed E-state index contributed by atoms with van der Waals surface area (Å²) >= 11 is 0. The Morgan fingerprint density at radius 2 is 2.25 bits per heavy atom. The average Bonchev–Trinajstić information content (AvgIpc) is 1.67. The van der Waals surface area contributed by atoms with Crippen molar-refractivity contribution in [2.24, 2.45) is 5.73 Å². The van der Waals surface area contributed by atoms with Crippen molar-refractivity contribution in [1.29, 1.82) is 0 Å². The summed E-state index contributed by atoms with van der Waals surface area (Å²) in [4.78, 5) is 10.3. The molecule has 0 spiro atoms. The van der Waals surface area contributed by atoms with E-state index in [-0.39, 0.29) is 5.78 Å². The second-order valence-corrected chi connectivity index (χ2v) is 1.44. The number of hydrogen-bond donors (Lipinski definition) is 1. The van der Waals surface area contributed by atoms with Crippen molar-refractivity contribution in [2.75, 3.05) is 0 Å².